The van der Waals surface area contributed by atoms with Crippen LogP contribution in [0.25, 0.3) is 0 Å². The molecule has 0 aromatic heterocycles. The molecule has 0 bridgehead atoms. The van der Waals surface area contributed by atoms with Crippen LogP contribution in [-0.2, 0) is 17.8 Å². The van der Waals surface area contributed by atoms with Crippen LogP contribution in [0.2, 0.25) is 0 Å². The first-order valence-corrected chi connectivity index (χ1v) is 10.1. The zero-order valence-corrected chi connectivity index (χ0v) is 18.1. The van der Waals surface area contributed by atoms with Crippen LogP contribution in [0.5, 0.6) is 5.75 Å². The summed E-state index contributed by atoms with van der Waals surface area (Å²) < 4.78 is 6.68. The van der Waals surface area contributed by atoms with Gasteiger partial charge in [-0.05, 0) is 75.8 Å². The summed E-state index contributed by atoms with van der Waals surface area (Å²) in [6.45, 7) is 4.60. The Bertz CT molecular complexity index is 1020. The number of hydrazone groups is 1. The Morgan fingerprint density at radius 3 is 2.52 bits per heavy atom. The molecule has 4 nitrogen and oxygen atoms in total. The topological polar surface area (TPSA) is 50.7 Å². The summed E-state index contributed by atoms with van der Waals surface area (Å²) in [7, 11) is 0. The molecule has 1 N–H and O–H groups in total. The Morgan fingerprint density at radius 1 is 1.00 bits per heavy atom. The van der Waals surface area contributed by atoms with Gasteiger partial charge in [-0.2, -0.15) is 5.10 Å². The number of aryl methyl sites for hydroxylation is 2. The molecule has 0 radical (unpaired) electrons. The van der Waals surface area contributed by atoms with Crippen LogP contribution >= 0.6 is 15.9 Å². The predicted molar refractivity (Wildman–Crippen MR) is 120 cm³/mol. The van der Waals surface area contributed by atoms with E-state index >= 15 is 0 Å². The van der Waals surface area contributed by atoms with Crippen LogP contribution in [0.4, 0.5) is 0 Å². The first kappa shape index (κ1) is 20.8. The number of benzene rings is 3. The van der Waals surface area contributed by atoms with Crippen molar-refractivity contribution in [1.29, 1.82) is 0 Å². The number of hydrogen-bond acceptors (Lipinski definition) is 3. The standard InChI is InChI=1S/C24H23BrN2O2/c1-17-8-9-20(12-18(17)2)14-24(28)27-26-15-21-10-11-23(22(25)13-21)29-16-19-6-4-3-5-7-19/h3-13,15H,14,16H2,1-2H3,(H,27,28)/b26-15-. The van der Waals surface area contributed by atoms with Gasteiger partial charge in [-0.25, -0.2) is 5.43 Å². The second-order valence-electron chi connectivity index (χ2n) is 6.85. The first-order valence-electron chi connectivity index (χ1n) is 9.35. The minimum Gasteiger partial charge on any atom is -0.488 e. The fourth-order valence-corrected chi connectivity index (χ4v) is 3.28. The number of amides is 1. The lowest BCUT2D eigenvalue weighted by Gasteiger charge is -2.09. The van der Waals surface area contributed by atoms with E-state index in [1.54, 1.807) is 6.21 Å². The summed E-state index contributed by atoms with van der Waals surface area (Å²) in [5.74, 6) is 0.608. The molecule has 1 amide bonds. The van der Waals surface area contributed by atoms with Crippen molar-refractivity contribution < 1.29 is 9.53 Å². The van der Waals surface area contributed by atoms with Crippen molar-refractivity contribution in [2.45, 2.75) is 26.9 Å². The van der Waals surface area contributed by atoms with Gasteiger partial charge < -0.3 is 4.74 Å². The zero-order chi connectivity index (χ0) is 20.6. The summed E-state index contributed by atoms with van der Waals surface area (Å²) >= 11 is 3.52. The summed E-state index contributed by atoms with van der Waals surface area (Å²) in [5, 5.41) is 4.06. The molecule has 0 saturated heterocycles. The molecule has 0 unspecified atom stereocenters. The van der Waals surface area contributed by atoms with Crippen LogP contribution in [0.3, 0.4) is 0 Å². The Morgan fingerprint density at radius 2 is 1.79 bits per heavy atom. The maximum Gasteiger partial charge on any atom is 0.244 e. The molecular weight excluding hydrogens is 428 g/mol. The average Bonchev–Trinajstić information content (AvgIpc) is 2.71. The molecule has 0 aliphatic rings. The highest BCUT2D eigenvalue weighted by Crippen LogP contribution is 2.26. The van der Waals surface area contributed by atoms with Gasteiger partial charge in [-0.15, -0.1) is 0 Å². The lowest BCUT2D eigenvalue weighted by Crippen LogP contribution is -2.19. The highest BCUT2D eigenvalue weighted by atomic mass is 79.9. The fourth-order valence-electron chi connectivity index (χ4n) is 2.77. The van der Waals surface area contributed by atoms with Crippen LogP contribution < -0.4 is 10.2 Å². The molecule has 3 aromatic carbocycles. The van der Waals surface area contributed by atoms with Gasteiger partial charge in [-0.1, -0.05) is 48.5 Å². The second-order valence-corrected chi connectivity index (χ2v) is 7.71. The van der Waals surface area contributed by atoms with Gasteiger partial charge in [0.1, 0.15) is 12.4 Å². The summed E-state index contributed by atoms with van der Waals surface area (Å²) in [4.78, 5) is 12.1. The van der Waals surface area contributed by atoms with E-state index in [1.165, 1.54) is 11.1 Å². The van der Waals surface area contributed by atoms with Crippen LogP contribution in [0.1, 0.15) is 27.8 Å². The SMILES string of the molecule is Cc1ccc(CC(=O)N/N=C\c2ccc(OCc3ccccc3)c(Br)c2)cc1C. The Hall–Kier alpha value is -2.92. The Balaban J connectivity index is 1.52. The maximum atomic E-state index is 12.1. The van der Waals surface area contributed by atoms with Crippen LogP contribution in [-0.4, -0.2) is 12.1 Å². The molecule has 0 aliphatic heterocycles. The molecule has 0 fully saturated rings. The lowest BCUT2D eigenvalue weighted by atomic mass is 10.0. The first-order chi connectivity index (χ1) is 14.0. The zero-order valence-electron chi connectivity index (χ0n) is 16.5. The van der Waals surface area contributed by atoms with Crippen molar-refractivity contribution in [2.75, 3.05) is 0 Å². The normalized spacial score (nSPS) is 10.9. The second kappa shape index (κ2) is 10.0. The van der Waals surface area contributed by atoms with E-state index in [1.807, 2.05) is 73.7 Å². The highest BCUT2D eigenvalue weighted by molar-refractivity contribution is 9.10. The van der Waals surface area contributed by atoms with Crippen molar-refractivity contribution >= 4 is 28.1 Å². The molecule has 148 valence electrons. The van der Waals surface area contributed by atoms with Gasteiger partial charge in [0.2, 0.25) is 5.91 Å². The largest absolute Gasteiger partial charge is 0.488 e. The number of ether oxygens (including phenoxy) is 1. The molecular formula is C24H23BrN2O2. The smallest absolute Gasteiger partial charge is 0.244 e. The van der Waals surface area contributed by atoms with Gasteiger partial charge in [0.05, 0.1) is 17.1 Å². The molecule has 0 heterocycles. The van der Waals surface area contributed by atoms with E-state index in [9.17, 15) is 4.79 Å². The summed E-state index contributed by atoms with van der Waals surface area (Å²) in [5.41, 5.74) is 7.91. The third-order valence-corrected chi connectivity index (χ3v) is 5.15. The van der Waals surface area contributed by atoms with Crippen molar-refractivity contribution in [3.8, 4) is 5.75 Å². The quantitative estimate of drug-likeness (QED) is 0.390. The van der Waals surface area contributed by atoms with Gasteiger partial charge >= 0.3 is 0 Å². The van der Waals surface area contributed by atoms with E-state index in [2.05, 4.69) is 33.4 Å². The van der Waals surface area contributed by atoms with Crippen molar-refractivity contribution in [3.63, 3.8) is 0 Å². The van der Waals surface area contributed by atoms with Crippen molar-refractivity contribution in [1.82, 2.24) is 5.43 Å². The molecule has 3 aromatic rings. The predicted octanol–water partition coefficient (Wildman–Crippen LogP) is 5.34. The lowest BCUT2D eigenvalue weighted by molar-refractivity contribution is -0.120. The molecule has 3 rings (SSSR count). The molecule has 0 spiro atoms. The number of nitrogens with zero attached hydrogens (tertiary/aromatic N) is 1. The number of rotatable bonds is 7. The third-order valence-electron chi connectivity index (χ3n) is 4.53. The van der Waals surface area contributed by atoms with Crippen LogP contribution in [0.15, 0.2) is 76.3 Å². The van der Waals surface area contributed by atoms with E-state index in [0.29, 0.717) is 13.0 Å². The maximum absolute atomic E-state index is 12.1. The van der Waals surface area contributed by atoms with E-state index < -0.39 is 0 Å². The number of nitrogens with one attached hydrogen (secondary N) is 1. The van der Waals surface area contributed by atoms with Gasteiger partial charge in [-0.3, -0.25) is 4.79 Å². The Kier molecular flexibility index (Phi) is 7.19. The van der Waals surface area contributed by atoms with Crippen molar-refractivity contribution in [2.24, 2.45) is 5.10 Å². The van der Waals surface area contributed by atoms with Gasteiger partial charge in [0, 0.05) is 0 Å². The summed E-state index contributed by atoms with van der Waals surface area (Å²) in [6, 6.07) is 21.7. The number of carbonyl (C=O) groups excluding carboxylic acids is 1. The minimum absolute atomic E-state index is 0.147. The van der Waals surface area contributed by atoms with E-state index in [0.717, 1.165) is 26.9 Å². The number of halogens is 1. The van der Waals surface area contributed by atoms with E-state index in [4.69, 9.17) is 4.74 Å². The number of hydrogen-bond donors (Lipinski definition) is 1. The molecule has 5 heteroatoms. The molecule has 0 aliphatic carbocycles. The van der Waals surface area contributed by atoms with Crippen molar-refractivity contribution in [3.05, 3.63) is 99.0 Å². The molecule has 0 atom stereocenters. The summed E-state index contributed by atoms with van der Waals surface area (Å²) in [6.07, 6.45) is 1.92. The van der Waals surface area contributed by atoms with Gasteiger partial charge in [0.25, 0.3) is 0 Å². The Labute approximate surface area is 179 Å². The third kappa shape index (κ3) is 6.29. The fraction of sp³-hybridized carbons (Fsp3) is 0.167. The monoisotopic (exact) mass is 450 g/mol. The number of carbonyl (C=O) groups is 1. The highest BCUT2D eigenvalue weighted by Gasteiger charge is 2.05. The van der Waals surface area contributed by atoms with Gasteiger partial charge in [0.15, 0.2) is 0 Å². The molecule has 29 heavy (non-hydrogen) atoms. The van der Waals surface area contributed by atoms with Crippen LogP contribution in [0, 0.1) is 13.8 Å². The minimum atomic E-state index is -0.147. The molecule has 0 saturated carbocycles. The van der Waals surface area contributed by atoms with E-state index in [-0.39, 0.29) is 5.91 Å². The average molecular weight is 451 g/mol.